The zero-order valence-corrected chi connectivity index (χ0v) is 14.1. The number of terminal acetylenes is 1. The lowest BCUT2D eigenvalue weighted by Crippen LogP contribution is -2.40. The predicted molar refractivity (Wildman–Crippen MR) is 92.7 cm³/mol. The highest BCUT2D eigenvalue weighted by molar-refractivity contribution is 7.99. The first-order chi connectivity index (χ1) is 11.2. The molecule has 2 rings (SSSR count). The van der Waals surface area contributed by atoms with E-state index < -0.39 is 0 Å². The Labute approximate surface area is 142 Å². The number of rotatable bonds is 7. The van der Waals surface area contributed by atoms with Crippen molar-refractivity contribution >= 4 is 17.7 Å². The number of carbonyl (C=O) groups excluding carboxylic acids is 1. The third-order valence-electron chi connectivity index (χ3n) is 3.98. The Balaban J connectivity index is 1.57. The van der Waals surface area contributed by atoms with Gasteiger partial charge in [-0.1, -0.05) is 5.92 Å². The second-order valence-corrected chi connectivity index (χ2v) is 6.87. The number of hydrogen-bond donors (Lipinski definition) is 1. The number of nitrogens with zero attached hydrogens (tertiary/aromatic N) is 1. The smallest absolute Gasteiger partial charge is 0.223 e. The van der Waals surface area contributed by atoms with E-state index in [9.17, 15) is 9.18 Å². The number of thioether (sulfide) groups is 1. The Bertz CT molecular complexity index is 533. The first-order valence-electron chi connectivity index (χ1n) is 8.01. The first kappa shape index (κ1) is 17.8. The van der Waals surface area contributed by atoms with Crippen molar-refractivity contribution in [3.05, 3.63) is 30.1 Å². The Morgan fingerprint density at radius 3 is 2.70 bits per heavy atom. The van der Waals surface area contributed by atoms with E-state index in [-0.39, 0.29) is 17.6 Å². The molecule has 0 atom stereocenters. The molecule has 1 amide bonds. The molecule has 1 fully saturated rings. The van der Waals surface area contributed by atoms with Gasteiger partial charge in [0.1, 0.15) is 5.82 Å². The van der Waals surface area contributed by atoms with Gasteiger partial charge in [0.25, 0.3) is 0 Å². The predicted octanol–water partition coefficient (Wildman–Crippen LogP) is 2.77. The Morgan fingerprint density at radius 1 is 1.35 bits per heavy atom. The molecule has 5 heteroatoms. The molecule has 0 radical (unpaired) electrons. The van der Waals surface area contributed by atoms with Crippen molar-refractivity contribution in [1.29, 1.82) is 0 Å². The van der Waals surface area contributed by atoms with Crippen LogP contribution in [0.3, 0.4) is 0 Å². The van der Waals surface area contributed by atoms with Gasteiger partial charge in [-0.2, -0.15) is 0 Å². The average Bonchev–Trinajstić information content (AvgIpc) is 2.57. The largest absolute Gasteiger partial charge is 0.356 e. The molecule has 23 heavy (non-hydrogen) atoms. The zero-order valence-electron chi connectivity index (χ0n) is 13.3. The number of piperidine rings is 1. The highest BCUT2D eigenvalue weighted by Gasteiger charge is 2.23. The molecule has 0 saturated carbocycles. The number of amides is 1. The van der Waals surface area contributed by atoms with Crippen LogP contribution in [0.25, 0.3) is 0 Å². The van der Waals surface area contributed by atoms with Crippen molar-refractivity contribution in [2.75, 3.05) is 31.9 Å². The summed E-state index contributed by atoms with van der Waals surface area (Å²) in [7, 11) is 0. The minimum Gasteiger partial charge on any atom is -0.356 e. The van der Waals surface area contributed by atoms with Crippen LogP contribution in [0.5, 0.6) is 0 Å². The molecule has 1 aromatic carbocycles. The van der Waals surface area contributed by atoms with Crippen LogP contribution in [0.15, 0.2) is 29.2 Å². The van der Waals surface area contributed by atoms with Crippen molar-refractivity contribution < 1.29 is 9.18 Å². The highest BCUT2D eigenvalue weighted by Crippen LogP contribution is 2.19. The minimum absolute atomic E-state index is 0.119. The van der Waals surface area contributed by atoms with Crippen LogP contribution >= 0.6 is 11.8 Å². The zero-order chi connectivity index (χ0) is 16.5. The molecule has 0 aromatic heterocycles. The number of likely N-dealkylation sites (tertiary alicyclic amines) is 1. The van der Waals surface area contributed by atoms with E-state index in [1.165, 1.54) is 12.1 Å². The van der Waals surface area contributed by atoms with E-state index in [0.29, 0.717) is 13.1 Å². The third kappa shape index (κ3) is 6.25. The molecule has 1 N–H and O–H groups in total. The van der Waals surface area contributed by atoms with E-state index in [0.717, 1.165) is 43.0 Å². The maximum atomic E-state index is 12.8. The van der Waals surface area contributed by atoms with Gasteiger partial charge in [-0.25, -0.2) is 4.39 Å². The summed E-state index contributed by atoms with van der Waals surface area (Å²) >= 11 is 1.68. The van der Waals surface area contributed by atoms with E-state index in [1.807, 2.05) is 0 Å². The molecule has 1 aliphatic heterocycles. The van der Waals surface area contributed by atoms with Gasteiger partial charge in [0, 0.05) is 17.4 Å². The molecule has 1 aliphatic rings. The molecule has 0 aliphatic carbocycles. The second-order valence-electron chi connectivity index (χ2n) is 5.70. The van der Waals surface area contributed by atoms with Gasteiger partial charge in [-0.15, -0.1) is 18.2 Å². The van der Waals surface area contributed by atoms with E-state index in [2.05, 4.69) is 16.1 Å². The van der Waals surface area contributed by atoms with Crippen LogP contribution in [-0.4, -0.2) is 42.7 Å². The minimum atomic E-state index is -0.213. The maximum absolute atomic E-state index is 12.8. The lowest BCUT2D eigenvalue weighted by atomic mass is 9.96. The Morgan fingerprint density at radius 2 is 2.04 bits per heavy atom. The van der Waals surface area contributed by atoms with Gasteiger partial charge >= 0.3 is 0 Å². The standard InChI is InChI=1S/C18H23FN2OS/c1-2-11-21-12-8-15(9-13-21)18(22)20-10-3-14-23-17-6-4-16(19)5-7-17/h1,4-7,15H,3,8-14H2,(H,20,22). The molecule has 0 unspecified atom stereocenters. The maximum Gasteiger partial charge on any atom is 0.223 e. The fourth-order valence-corrected chi connectivity index (χ4v) is 3.48. The molecule has 1 saturated heterocycles. The normalized spacial score (nSPS) is 16.0. The van der Waals surface area contributed by atoms with Crippen LogP contribution in [0, 0.1) is 24.1 Å². The summed E-state index contributed by atoms with van der Waals surface area (Å²) < 4.78 is 12.8. The van der Waals surface area contributed by atoms with E-state index in [1.54, 1.807) is 23.9 Å². The third-order valence-corrected chi connectivity index (χ3v) is 5.07. The number of carbonyl (C=O) groups is 1. The summed E-state index contributed by atoms with van der Waals surface area (Å²) in [4.78, 5) is 15.4. The highest BCUT2D eigenvalue weighted by atomic mass is 32.2. The van der Waals surface area contributed by atoms with Crippen molar-refractivity contribution in [2.24, 2.45) is 5.92 Å². The quantitative estimate of drug-likeness (QED) is 0.473. The van der Waals surface area contributed by atoms with Crippen LogP contribution in [0.1, 0.15) is 19.3 Å². The molecule has 1 heterocycles. The van der Waals surface area contributed by atoms with Crippen molar-refractivity contribution in [3.8, 4) is 12.3 Å². The molecule has 0 spiro atoms. The van der Waals surface area contributed by atoms with Gasteiger partial charge in [-0.3, -0.25) is 9.69 Å². The van der Waals surface area contributed by atoms with Gasteiger partial charge in [0.05, 0.1) is 6.54 Å². The SMILES string of the molecule is C#CCN1CCC(C(=O)NCCCSc2ccc(F)cc2)CC1. The second kappa shape index (κ2) is 9.59. The number of hydrogen-bond acceptors (Lipinski definition) is 3. The molecule has 3 nitrogen and oxygen atoms in total. The Kier molecular flexibility index (Phi) is 7.44. The van der Waals surface area contributed by atoms with Crippen LogP contribution in [0.2, 0.25) is 0 Å². The van der Waals surface area contributed by atoms with Crippen molar-refractivity contribution in [1.82, 2.24) is 10.2 Å². The number of halogens is 1. The van der Waals surface area contributed by atoms with Crippen LogP contribution in [-0.2, 0) is 4.79 Å². The first-order valence-corrected chi connectivity index (χ1v) is 8.99. The van der Waals surface area contributed by atoms with Gasteiger partial charge in [-0.05, 0) is 62.4 Å². The van der Waals surface area contributed by atoms with Crippen LogP contribution < -0.4 is 5.32 Å². The van der Waals surface area contributed by atoms with Gasteiger partial charge in [0.2, 0.25) is 5.91 Å². The summed E-state index contributed by atoms with van der Waals surface area (Å²) in [5.41, 5.74) is 0. The van der Waals surface area contributed by atoms with Crippen molar-refractivity contribution in [3.63, 3.8) is 0 Å². The van der Waals surface area contributed by atoms with Gasteiger partial charge < -0.3 is 5.32 Å². The average molecular weight is 334 g/mol. The lowest BCUT2D eigenvalue weighted by Gasteiger charge is -2.29. The van der Waals surface area contributed by atoms with Crippen LogP contribution in [0.4, 0.5) is 4.39 Å². The van der Waals surface area contributed by atoms with Gasteiger partial charge in [0.15, 0.2) is 0 Å². The molecule has 0 bridgehead atoms. The van der Waals surface area contributed by atoms with E-state index >= 15 is 0 Å². The summed E-state index contributed by atoms with van der Waals surface area (Å²) in [5, 5.41) is 3.02. The molecule has 124 valence electrons. The van der Waals surface area contributed by atoms with Crippen molar-refractivity contribution in [2.45, 2.75) is 24.2 Å². The molecular formula is C18H23FN2OS. The monoisotopic (exact) mass is 334 g/mol. The summed E-state index contributed by atoms with van der Waals surface area (Å²) in [6.07, 6.45) is 7.99. The lowest BCUT2D eigenvalue weighted by molar-refractivity contribution is -0.126. The molecular weight excluding hydrogens is 311 g/mol. The number of nitrogens with one attached hydrogen (secondary N) is 1. The Hall–Kier alpha value is -1.51. The molecule has 1 aromatic rings. The fraction of sp³-hybridized carbons (Fsp3) is 0.500. The summed E-state index contributed by atoms with van der Waals surface area (Å²) in [5.74, 6) is 3.63. The fourth-order valence-electron chi connectivity index (χ4n) is 2.63. The topological polar surface area (TPSA) is 32.3 Å². The number of benzene rings is 1. The summed E-state index contributed by atoms with van der Waals surface area (Å²) in [6, 6.07) is 6.50. The summed E-state index contributed by atoms with van der Waals surface area (Å²) in [6.45, 7) is 3.18. The van der Waals surface area contributed by atoms with E-state index in [4.69, 9.17) is 6.42 Å².